The van der Waals surface area contributed by atoms with E-state index < -0.39 is 17.7 Å². The molecule has 1 unspecified atom stereocenters. The van der Waals surface area contributed by atoms with Gasteiger partial charge in [0.15, 0.2) is 0 Å². The summed E-state index contributed by atoms with van der Waals surface area (Å²) in [5.74, 6) is -0.737. The average Bonchev–Trinajstić information content (AvgIpc) is 3.13. The summed E-state index contributed by atoms with van der Waals surface area (Å²) in [7, 11) is 0. The quantitative estimate of drug-likeness (QED) is 0.248. The first kappa shape index (κ1) is 25.7. The molecule has 190 valence electrons. The van der Waals surface area contributed by atoms with Crippen molar-refractivity contribution in [3.8, 4) is 5.75 Å². The number of amides is 1. The number of ketones is 1. The fraction of sp³-hybridized carbons (Fsp3) is 0.379. The highest BCUT2D eigenvalue weighted by molar-refractivity contribution is 6.46. The number of carbonyl (C=O) groups is 2. The number of aliphatic hydroxyl groups is 1. The lowest BCUT2D eigenvalue weighted by Gasteiger charge is -2.29. The molecule has 2 aromatic rings. The molecule has 2 heterocycles. The third-order valence-corrected chi connectivity index (χ3v) is 6.72. The maximum absolute atomic E-state index is 13.3. The molecule has 1 N–H and O–H groups in total. The number of hydrogen-bond acceptors (Lipinski definition) is 6. The third kappa shape index (κ3) is 5.53. The number of aliphatic hydroxyl groups excluding tert-OH is 1. The second-order valence-corrected chi connectivity index (χ2v) is 9.29. The Labute approximate surface area is 212 Å². The van der Waals surface area contributed by atoms with Gasteiger partial charge in [0.05, 0.1) is 24.8 Å². The van der Waals surface area contributed by atoms with Crippen molar-refractivity contribution in [1.29, 1.82) is 0 Å². The van der Waals surface area contributed by atoms with Gasteiger partial charge in [0.2, 0.25) is 0 Å². The zero-order valence-electron chi connectivity index (χ0n) is 21.0. The van der Waals surface area contributed by atoms with Crippen LogP contribution in [0.2, 0.25) is 0 Å². The van der Waals surface area contributed by atoms with Gasteiger partial charge < -0.3 is 19.5 Å². The van der Waals surface area contributed by atoms with Crippen LogP contribution in [0.4, 0.5) is 0 Å². The first-order valence-corrected chi connectivity index (χ1v) is 12.4. The Hall–Kier alpha value is -3.42. The van der Waals surface area contributed by atoms with Crippen LogP contribution in [0.15, 0.2) is 60.7 Å². The molecule has 2 aliphatic rings. The van der Waals surface area contributed by atoms with Gasteiger partial charge in [-0.05, 0) is 49.6 Å². The van der Waals surface area contributed by atoms with Gasteiger partial charge in [0, 0.05) is 31.7 Å². The van der Waals surface area contributed by atoms with E-state index >= 15 is 0 Å². The van der Waals surface area contributed by atoms with Crippen LogP contribution in [0, 0.1) is 13.8 Å². The van der Waals surface area contributed by atoms with E-state index in [9.17, 15) is 14.7 Å². The summed E-state index contributed by atoms with van der Waals surface area (Å²) in [6.45, 7) is 12.3. The molecular formula is C29H34N2O5. The maximum Gasteiger partial charge on any atom is 0.295 e. The van der Waals surface area contributed by atoms with Gasteiger partial charge in [-0.3, -0.25) is 14.5 Å². The van der Waals surface area contributed by atoms with Gasteiger partial charge in [-0.2, -0.15) is 0 Å². The number of nitrogens with zero attached hydrogens (tertiary/aromatic N) is 2. The van der Waals surface area contributed by atoms with E-state index in [1.165, 1.54) is 0 Å². The molecule has 36 heavy (non-hydrogen) atoms. The summed E-state index contributed by atoms with van der Waals surface area (Å²) in [6.07, 6.45) is 2.39. The fourth-order valence-electron chi connectivity index (χ4n) is 4.76. The highest BCUT2D eigenvalue weighted by Crippen LogP contribution is 2.40. The van der Waals surface area contributed by atoms with E-state index in [0.29, 0.717) is 37.7 Å². The highest BCUT2D eigenvalue weighted by atomic mass is 16.5. The molecule has 0 saturated carbocycles. The molecule has 1 atom stereocenters. The summed E-state index contributed by atoms with van der Waals surface area (Å²) in [5, 5.41) is 11.3. The average molecular weight is 491 g/mol. The summed E-state index contributed by atoms with van der Waals surface area (Å²) in [4.78, 5) is 30.4. The largest absolute Gasteiger partial charge is 0.507 e. The van der Waals surface area contributed by atoms with Crippen molar-refractivity contribution in [2.45, 2.75) is 26.3 Å². The zero-order valence-corrected chi connectivity index (χ0v) is 21.0. The van der Waals surface area contributed by atoms with Crippen LogP contribution in [0.25, 0.3) is 5.76 Å². The van der Waals surface area contributed by atoms with E-state index in [0.717, 1.165) is 42.7 Å². The molecule has 7 heteroatoms. The molecule has 0 aromatic heterocycles. The smallest absolute Gasteiger partial charge is 0.295 e. The Balaban J connectivity index is 1.66. The van der Waals surface area contributed by atoms with Crippen molar-refractivity contribution in [2.75, 3.05) is 46.0 Å². The predicted octanol–water partition coefficient (Wildman–Crippen LogP) is 4.01. The summed E-state index contributed by atoms with van der Waals surface area (Å²) in [5.41, 5.74) is 3.29. The fourth-order valence-corrected chi connectivity index (χ4v) is 4.76. The van der Waals surface area contributed by atoms with Crippen molar-refractivity contribution >= 4 is 17.4 Å². The van der Waals surface area contributed by atoms with Gasteiger partial charge in [-0.1, -0.05) is 42.5 Å². The van der Waals surface area contributed by atoms with E-state index in [1.54, 1.807) is 29.2 Å². The minimum Gasteiger partial charge on any atom is -0.507 e. The number of Topliss-reactive ketones (excluding diaryl/α,β-unsaturated/α-hetero) is 1. The second-order valence-electron chi connectivity index (χ2n) is 9.29. The van der Waals surface area contributed by atoms with Gasteiger partial charge in [0.1, 0.15) is 18.1 Å². The Bertz CT molecular complexity index is 1150. The van der Waals surface area contributed by atoms with E-state index in [4.69, 9.17) is 9.47 Å². The summed E-state index contributed by atoms with van der Waals surface area (Å²) < 4.78 is 11.1. The number of benzene rings is 2. The molecule has 2 aromatic carbocycles. The maximum atomic E-state index is 13.3. The van der Waals surface area contributed by atoms with E-state index in [-0.39, 0.29) is 11.3 Å². The standard InChI is InChI=1S/C29H34N2O5/c1-4-16-36-24-11-10-23(19-21(24)3)27(32)25-26(22-8-6-20(2)7-9-22)31(29(34)28(25)33)13-5-12-30-14-17-35-18-15-30/h4,6-11,19,26,32H,1,5,12-18H2,2-3H3/b27-25+. The van der Waals surface area contributed by atoms with Crippen LogP contribution in [-0.2, 0) is 14.3 Å². The van der Waals surface area contributed by atoms with Crippen LogP contribution in [-0.4, -0.2) is 72.6 Å². The topological polar surface area (TPSA) is 79.3 Å². The molecule has 1 amide bonds. The van der Waals surface area contributed by atoms with E-state index in [1.807, 2.05) is 38.1 Å². The van der Waals surface area contributed by atoms with Crippen molar-refractivity contribution in [2.24, 2.45) is 0 Å². The number of hydrogen-bond donors (Lipinski definition) is 1. The van der Waals surface area contributed by atoms with Gasteiger partial charge in [-0.25, -0.2) is 0 Å². The lowest BCUT2D eigenvalue weighted by atomic mass is 9.94. The summed E-state index contributed by atoms with van der Waals surface area (Å²) >= 11 is 0. The normalized spacial score (nSPS) is 20.1. The number of carbonyl (C=O) groups excluding carboxylic acids is 2. The van der Waals surface area contributed by atoms with Crippen molar-refractivity contribution in [1.82, 2.24) is 9.80 Å². The Morgan fingerprint density at radius 2 is 1.83 bits per heavy atom. The number of aryl methyl sites for hydroxylation is 2. The monoisotopic (exact) mass is 490 g/mol. The number of rotatable bonds is 9. The molecule has 2 saturated heterocycles. The van der Waals surface area contributed by atoms with Gasteiger partial charge in [-0.15, -0.1) is 0 Å². The van der Waals surface area contributed by atoms with Crippen LogP contribution in [0.3, 0.4) is 0 Å². The van der Waals surface area contributed by atoms with Crippen molar-refractivity contribution < 1.29 is 24.2 Å². The van der Waals surface area contributed by atoms with Crippen molar-refractivity contribution in [3.63, 3.8) is 0 Å². The molecular weight excluding hydrogens is 456 g/mol. The third-order valence-electron chi connectivity index (χ3n) is 6.72. The zero-order chi connectivity index (χ0) is 25.7. The number of likely N-dealkylation sites (tertiary alicyclic amines) is 1. The molecule has 2 aliphatic heterocycles. The molecule has 4 rings (SSSR count). The molecule has 2 fully saturated rings. The molecule has 0 radical (unpaired) electrons. The Morgan fingerprint density at radius 3 is 2.50 bits per heavy atom. The Kier molecular flexibility index (Phi) is 8.23. The second kappa shape index (κ2) is 11.5. The highest BCUT2D eigenvalue weighted by Gasteiger charge is 2.45. The van der Waals surface area contributed by atoms with Gasteiger partial charge in [0.25, 0.3) is 11.7 Å². The number of ether oxygens (including phenoxy) is 2. The van der Waals surface area contributed by atoms with Gasteiger partial charge >= 0.3 is 0 Å². The predicted molar refractivity (Wildman–Crippen MR) is 139 cm³/mol. The first-order valence-electron chi connectivity index (χ1n) is 12.4. The van der Waals surface area contributed by atoms with Crippen molar-refractivity contribution in [3.05, 3.63) is 82.9 Å². The Morgan fingerprint density at radius 1 is 1.11 bits per heavy atom. The minimum absolute atomic E-state index is 0.120. The number of morpholine rings is 1. The minimum atomic E-state index is -0.658. The van der Waals surface area contributed by atoms with Crippen LogP contribution >= 0.6 is 0 Å². The lowest BCUT2D eigenvalue weighted by Crippen LogP contribution is -2.38. The van der Waals surface area contributed by atoms with E-state index in [2.05, 4.69) is 11.5 Å². The summed E-state index contributed by atoms with van der Waals surface area (Å²) in [6, 6.07) is 12.3. The van der Waals surface area contributed by atoms with Crippen LogP contribution in [0.5, 0.6) is 5.75 Å². The lowest BCUT2D eigenvalue weighted by molar-refractivity contribution is -0.140. The molecule has 0 spiro atoms. The molecule has 7 nitrogen and oxygen atoms in total. The molecule has 0 aliphatic carbocycles. The molecule has 0 bridgehead atoms. The van der Waals surface area contributed by atoms with Crippen LogP contribution < -0.4 is 4.74 Å². The SMILES string of the molecule is C=CCOc1ccc(/C(O)=C2\C(=O)C(=O)N(CCCN3CCOCC3)C2c2ccc(C)cc2)cc1C. The van der Waals surface area contributed by atoms with Crippen LogP contribution in [0.1, 0.15) is 34.7 Å². The first-order chi connectivity index (χ1) is 17.4.